The van der Waals surface area contributed by atoms with E-state index in [0.29, 0.717) is 6.04 Å². The SMILES string of the molecule is C1C[C]2OCCNC2C1. The third-order valence-corrected chi connectivity index (χ3v) is 2.08. The van der Waals surface area contributed by atoms with Crippen molar-refractivity contribution in [3.05, 3.63) is 6.10 Å². The molecule has 0 amide bonds. The Morgan fingerprint density at radius 2 is 2.56 bits per heavy atom. The molecule has 0 aromatic carbocycles. The molecule has 1 saturated heterocycles. The molecule has 0 aromatic rings. The lowest BCUT2D eigenvalue weighted by atomic mass is 10.2. The summed E-state index contributed by atoms with van der Waals surface area (Å²) >= 11 is 0. The highest BCUT2D eigenvalue weighted by Gasteiger charge is 2.30. The Kier molecular flexibility index (Phi) is 1.44. The molecule has 2 heteroatoms. The summed E-state index contributed by atoms with van der Waals surface area (Å²) in [6, 6.07) is 0.610. The summed E-state index contributed by atoms with van der Waals surface area (Å²) < 4.78 is 5.46. The smallest absolute Gasteiger partial charge is 0.114 e. The van der Waals surface area contributed by atoms with Crippen molar-refractivity contribution in [2.45, 2.75) is 25.3 Å². The van der Waals surface area contributed by atoms with E-state index in [-0.39, 0.29) is 0 Å². The molecule has 0 aromatic heterocycles. The van der Waals surface area contributed by atoms with Crippen molar-refractivity contribution in [1.82, 2.24) is 5.32 Å². The molecule has 2 fully saturated rings. The maximum atomic E-state index is 5.46. The summed E-state index contributed by atoms with van der Waals surface area (Å²) in [6.45, 7) is 1.92. The van der Waals surface area contributed by atoms with E-state index in [0.717, 1.165) is 13.2 Å². The van der Waals surface area contributed by atoms with Crippen LogP contribution in [0.4, 0.5) is 0 Å². The first kappa shape index (κ1) is 5.69. The normalized spacial score (nSPS) is 36.7. The van der Waals surface area contributed by atoms with Crippen LogP contribution in [0.2, 0.25) is 0 Å². The molecular formula is C7H12NO. The molecule has 0 spiro atoms. The van der Waals surface area contributed by atoms with Crippen LogP contribution < -0.4 is 5.32 Å². The van der Waals surface area contributed by atoms with Gasteiger partial charge in [-0.05, 0) is 19.3 Å². The predicted molar refractivity (Wildman–Crippen MR) is 34.8 cm³/mol. The third kappa shape index (κ3) is 0.970. The first-order chi connectivity index (χ1) is 4.47. The molecule has 1 heterocycles. The lowest BCUT2D eigenvalue weighted by Gasteiger charge is -2.25. The molecule has 1 N–H and O–H groups in total. The monoisotopic (exact) mass is 126 g/mol. The van der Waals surface area contributed by atoms with E-state index in [9.17, 15) is 0 Å². The summed E-state index contributed by atoms with van der Waals surface area (Å²) in [6.07, 6.45) is 5.10. The van der Waals surface area contributed by atoms with Gasteiger partial charge in [-0.3, -0.25) is 0 Å². The first-order valence-electron chi connectivity index (χ1n) is 3.69. The van der Waals surface area contributed by atoms with Crippen molar-refractivity contribution < 1.29 is 4.74 Å². The second-order valence-corrected chi connectivity index (χ2v) is 2.71. The average molecular weight is 126 g/mol. The van der Waals surface area contributed by atoms with Crippen LogP contribution in [0.5, 0.6) is 0 Å². The van der Waals surface area contributed by atoms with E-state index in [1.807, 2.05) is 0 Å². The zero-order chi connectivity index (χ0) is 6.10. The fourth-order valence-corrected chi connectivity index (χ4v) is 1.62. The summed E-state index contributed by atoms with van der Waals surface area (Å²) in [7, 11) is 0. The largest absolute Gasteiger partial charge is 0.369 e. The van der Waals surface area contributed by atoms with Gasteiger partial charge in [-0.15, -0.1) is 0 Å². The van der Waals surface area contributed by atoms with Crippen molar-refractivity contribution in [2.75, 3.05) is 13.2 Å². The molecule has 1 radical (unpaired) electrons. The lowest BCUT2D eigenvalue weighted by Crippen LogP contribution is -2.40. The standard InChI is InChI=1S/C7H12NO/c1-2-6-7(3-1)9-5-4-8-6/h6,8H,1-5H2. The van der Waals surface area contributed by atoms with Crippen molar-refractivity contribution in [3.8, 4) is 0 Å². The molecule has 1 aliphatic carbocycles. The minimum atomic E-state index is 0.610. The zero-order valence-electron chi connectivity index (χ0n) is 5.52. The number of nitrogens with one attached hydrogen (secondary N) is 1. The molecular weight excluding hydrogens is 114 g/mol. The molecule has 2 aliphatic rings. The van der Waals surface area contributed by atoms with E-state index >= 15 is 0 Å². The molecule has 0 bridgehead atoms. The molecule has 2 nitrogen and oxygen atoms in total. The number of fused-ring (bicyclic) bond motifs is 1. The lowest BCUT2D eigenvalue weighted by molar-refractivity contribution is 0.0919. The third-order valence-electron chi connectivity index (χ3n) is 2.08. The average Bonchev–Trinajstić information content (AvgIpc) is 2.33. The Labute approximate surface area is 55.6 Å². The van der Waals surface area contributed by atoms with Crippen LogP contribution in [0.1, 0.15) is 19.3 Å². The van der Waals surface area contributed by atoms with Gasteiger partial charge in [-0.25, -0.2) is 0 Å². The summed E-state index contributed by atoms with van der Waals surface area (Å²) in [5.41, 5.74) is 0. The Bertz CT molecular complexity index is 93.1. The Morgan fingerprint density at radius 1 is 1.56 bits per heavy atom. The van der Waals surface area contributed by atoms with Crippen LogP contribution in [0.3, 0.4) is 0 Å². The number of hydrogen-bond donors (Lipinski definition) is 1. The van der Waals surface area contributed by atoms with Crippen LogP contribution in [-0.4, -0.2) is 19.2 Å². The van der Waals surface area contributed by atoms with E-state index in [2.05, 4.69) is 5.32 Å². The van der Waals surface area contributed by atoms with E-state index < -0.39 is 0 Å². The van der Waals surface area contributed by atoms with Crippen LogP contribution in [0.25, 0.3) is 0 Å². The van der Waals surface area contributed by atoms with Gasteiger partial charge in [0.05, 0.1) is 6.61 Å². The van der Waals surface area contributed by atoms with Gasteiger partial charge in [0, 0.05) is 12.6 Å². The minimum Gasteiger partial charge on any atom is -0.369 e. The fraction of sp³-hybridized carbons (Fsp3) is 0.857. The van der Waals surface area contributed by atoms with Gasteiger partial charge in [-0.1, -0.05) is 0 Å². The van der Waals surface area contributed by atoms with E-state index in [1.54, 1.807) is 0 Å². The number of hydrogen-bond acceptors (Lipinski definition) is 2. The maximum absolute atomic E-state index is 5.46. The number of rotatable bonds is 0. The molecule has 1 atom stereocenters. The Morgan fingerprint density at radius 3 is 3.44 bits per heavy atom. The van der Waals surface area contributed by atoms with Crippen LogP contribution in [0, 0.1) is 6.10 Å². The number of ether oxygens (including phenoxy) is 1. The van der Waals surface area contributed by atoms with Crippen molar-refractivity contribution >= 4 is 0 Å². The minimum absolute atomic E-state index is 0.610. The van der Waals surface area contributed by atoms with Gasteiger partial charge >= 0.3 is 0 Å². The van der Waals surface area contributed by atoms with Gasteiger partial charge in [0.25, 0.3) is 0 Å². The molecule has 1 unspecified atom stereocenters. The highest BCUT2D eigenvalue weighted by Crippen LogP contribution is 2.29. The summed E-state index contributed by atoms with van der Waals surface area (Å²) in [5.74, 6) is 0. The highest BCUT2D eigenvalue weighted by molar-refractivity contribution is 5.00. The molecule has 1 aliphatic heterocycles. The van der Waals surface area contributed by atoms with Crippen LogP contribution in [-0.2, 0) is 4.74 Å². The summed E-state index contributed by atoms with van der Waals surface area (Å²) in [5, 5.41) is 3.42. The van der Waals surface area contributed by atoms with Gasteiger partial charge in [0.1, 0.15) is 6.10 Å². The van der Waals surface area contributed by atoms with E-state index in [4.69, 9.17) is 4.74 Å². The molecule has 51 valence electrons. The first-order valence-corrected chi connectivity index (χ1v) is 3.69. The molecule has 2 rings (SSSR count). The zero-order valence-corrected chi connectivity index (χ0v) is 5.52. The quantitative estimate of drug-likeness (QED) is 0.515. The van der Waals surface area contributed by atoms with Gasteiger partial charge < -0.3 is 10.1 Å². The van der Waals surface area contributed by atoms with Crippen LogP contribution >= 0.6 is 0 Å². The van der Waals surface area contributed by atoms with Crippen molar-refractivity contribution in [1.29, 1.82) is 0 Å². The molecule has 9 heavy (non-hydrogen) atoms. The van der Waals surface area contributed by atoms with Crippen LogP contribution in [0.15, 0.2) is 0 Å². The van der Waals surface area contributed by atoms with Gasteiger partial charge in [0.2, 0.25) is 0 Å². The van der Waals surface area contributed by atoms with Gasteiger partial charge in [0.15, 0.2) is 0 Å². The second kappa shape index (κ2) is 2.27. The number of morpholine rings is 1. The van der Waals surface area contributed by atoms with E-state index in [1.165, 1.54) is 25.4 Å². The second-order valence-electron chi connectivity index (χ2n) is 2.71. The van der Waals surface area contributed by atoms with Gasteiger partial charge in [-0.2, -0.15) is 0 Å². The summed E-state index contributed by atoms with van der Waals surface area (Å²) in [4.78, 5) is 0. The molecule has 1 saturated carbocycles. The maximum Gasteiger partial charge on any atom is 0.114 e. The topological polar surface area (TPSA) is 21.3 Å². The highest BCUT2D eigenvalue weighted by atomic mass is 16.5. The van der Waals surface area contributed by atoms with Crippen molar-refractivity contribution in [2.24, 2.45) is 0 Å². The Hall–Kier alpha value is -0.0800. The van der Waals surface area contributed by atoms with Crippen molar-refractivity contribution in [3.63, 3.8) is 0 Å². The fourth-order valence-electron chi connectivity index (χ4n) is 1.62. The predicted octanol–water partition coefficient (Wildman–Crippen LogP) is 0.691. The Balaban J connectivity index is 1.97.